The largest absolute Gasteiger partial charge is 0.378 e. The van der Waals surface area contributed by atoms with Crippen molar-refractivity contribution < 1.29 is 13.9 Å². The number of halogens is 1. The van der Waals surface area contributed by atoms with Crippen LogP contribution in [0.15, 0.2) is 18.2 Å². The van der Waals surface area contributed by atoms with Crippen LogP contribution in [-0.2, 0) is 16.1 Å². The van der Waals surface area contributed by atoms with Crippen LogP contribution in [0.4, 0.5) is 10.1 Å². The molecule has 1 aliphatic heterocycles. The van der Waals surface area contributed by atoms with Crippen molar-refractivity contribution >= 4 is 11.6 Å². The fraction of sp³-hybridized carbons (Fsp3) is 0.462. The van der Waals surface area contributed by atoms with Crippen molar-refractivity contribution in [2.24, 2.45) is 11.7 Å². The molecule has 0 spiro atoms. The van der Waals surface area contributed by atoms with Gasteiger partial charge in [0.2, 0.25) is 5.91 Å². The third-order valence-corrected chi connectivity index (χ3v) is 3.24. The summed E-state index contributed by atoms with van der Waals surface area (Å²) >= 11 is 0. The minimum Gasteiger partial charge on any atom is -0.378 e. The molecule has 1 amide bonds. The maximum atomic E-state index is 13.7. The molecular weight excluding hydrogens is 235 g/mol. The smallest absolute Gasteiger partial charge is 0.230 e. The Hall–Kier alpha value is -1.46. The normalized spacial score (nSPS) is 23.1. The van der Waals surface area contributed by atoms with Gasteiger partial charge in [0.1, 0.15) is 5.82 Å². The van der Waals surface area contributed by atoms with Crippen molar-refractivity contribution in [2.45, 2.75) is 26.0 Å². The van der Waals surface area contributed by atoms with Gasteiger partial charge in [-0.1, -0.05) is 6.07 Å². The van der Waals surface area contributed by atoms with Gasteiger partial charge >= 0.3 is 0 Å². The molecule has 2 rings (SSSR count). The summed E-state index contributed by atoms with van der Waals surface area (Å²) in [5.41, 5.74) is 6.31. The van der Waals surface area contributed by atoms with E-state index < -0.39 is 5.82 Å². The molecule has 1 saturated heterocycles. The average Bonchev–Trinajstić information content (AvgIpc) is 2.78. The summed E-state index contributed by atoms with van der Waals surface area (Å²) in [6.45, 7) is 2.71. The van der Waals surface area contributed by atoms with Gasteiger partial charge in [-0.25, -0.2) is 4.39 Å². The Balaban J connectivity index is 2.07. The SMILES string of the molecule is CC1OCCC1C(=O)Nc1ccc(CN)cc1F. The van der Waals surface area contributed by atoms with E-state index in [9.17, 15) is 9.18 Å². The molecule has 4 nitrogen and oxygen atoms in total. The van der Waals surface area contributed by atoms with Crippen molar-refractivity contribution in [3.8, 4) is 0 Å². The van der Waals surface area contributed by atoms with E-state index in [-0.39, 0.29) is 30.2 Å². The van der Waals surface area contributed by atoms with Gasteiger partial charge in [-0.2, -0.15) is 0 Å². The highest BCUT2D eigenvalue weighted by molar-refractivity contribution is 5.93. The van der Waals surface area contributed by atoms with E-state index in [2.05, 4.69) is 5.32 Å². The van der Waals surface area contributed by atoms with Gasteiger partial charge in [0.25, 0.3) is 0 Å². The van der Waals surface area contributed by atoms with Gasteiger partial charge in [0.05, 0.1) is 17.7 Å². The number of carbonyl (C=O) groups is 1. The third kappa shape index (κ3) is 2.68. The molecule has 1 fully saturated rings. The maximum Gasteiger partial charge on any atom is 0.230 e. The van der Waals surface area contributed by atoms with Gasteiger partial charge in [0, 0.05) is 13.2 Å². The molecule has 2 unspecified atom stereocenters. The number of benzene rings is 1. The van der Waals surface area contributed by atoms with Gasteiger partial charge in [-0.05, 0) is 31.0 Å². The Morgan fingerprint density at radius 1 is 1.61 bits per heavy atom. The second kappa shape index (κ2) is 5.46. The van der Waals surface area contributed by atoms with Crippen molar-refractivity contribution in [3.05, 3.63) is 29.6 Å². The quantitative estimate of drug-likeness (QED) is 0.859. The molecule has 5 heteroatoms. The summed E-state index contributed by atoms with van der Waals surface area (Å²) < 4.78 is 19.0. The molecule has 0 bridgehead atoms. The zero-order valence-corrected chi connectivity index (χ0v) is 10.3. The van der Waals surface area contributed by atoms with Crippen LogP contribution < -0.4 is 11.1 Å². The van der Waals surface area contributed by atoms with Gasteiger partial charge < -0.3 is 15.8 Å². The Labute approximate surface area is 105 Å². The second-order valence-electron chi connectivity index (χ2n) is 4.48. The van der Waals surface area contributed by atoms with E-state index in [1.54, 1.807) is 6.07 Å². The maximum absolute atomic E-state index is 13.7. The Kier molecular flexibility index (Phi) is 3.93. The lowest BCUT2D eigenvalue weighted by molar-refractivity contribution is -0.121. The minimum absolute atomic E-state index is 0.114. The van der Waals surface area contributed by atoms with E-state index >= 15 is 0 Å². The number of rotatable bonds is 3. The van der Waals surface area contributed by atoms with E-state index in [1.807, 2.05) is 6.92 Å². The lowest BCUT2D eigenvalue weighted by Crippen LogP contribution is -2.28. The molecule has 18 heavy (non-hydrogen) atoms. The predicted molar refractivity (Wildman–Crippen MR) is 66.4 cm³/mol. The number of ether oxygens (including phenoxy) is 1. The molecule has 1 aliphatic rings. The van der Waals surface area contributed by atoms with Crippen LogP contribution in [0, 0.1) is 11.7 Å². The first-order valence-corrected chi connectivity index (χ1v) is 6.02. The highest BCUT2D eigenvalue weighted by Crippen LogP contribution is 2.23. The molecule has 0 aromatic heterocycles. The molecular formula is C13H17FN2O2. The Morgan fingerprint density at radius 2 is 2.39 bits per heavy atom. The van der Waals surface area contributed by atoms with E-state index in [0.717, 1.165) is 0 Å². The average molecular weight is 252 g/mol. The highest BCUT2D eigenvalue weighted by Gasteiger charge is 2.31. The molecule has 1 heterocycles. The first-order valence-electron chi connectivity index (χ1n) is 6.02. The lowest BCUT2D eigenvalue weighted by atomic mass is 10.0. The summed E-state index contributed by atoms with van der Waals surface area (Å²) in [7, 11) is 0. The molecule has 0 saturated carbocycles. The van der Waals surface area contributed by atoms with Gasteiger partial charge in [-0.15, -0.1) is 0 Å². The van der Waals surface area contributed by atoms with E-state index in [4.69, 9.17) is 10.5 Å². The molecule has 0 aliphatic carbocycles. The summed E-state index contributed by atoms with van der Waals surface area (Å²) in [5.74, 6) is -0.865. The van der Waals surface area contributed by atoms with Crippen LogP contribution in [0.2, 0.25) is 0 Å². The van der Waals surface area contributed by atoms with Crippen molar-refractivity contribution in [3.63, 3.8) is 0 Å². The Bertz CT molecular complexity index is 451. The molecule has 98 valence electrons. The predicted octanol–water partition coefficient (Wildman–Crippen LogP) is 1.65. The van der Waals surface area contributed by atoms with Gasteiger partial charge in [0.15, 0.2) is 0 Å². The van der Waals surface area contributed by atoms with Crippen molar-refractivity contribution in [1.29, 1.82) is 0 Å². The summed E-state index contributed by atoms with van der Waals surface area (Å²) in [6, 6.07) is 4.58. The monoisotopic (exact) mass is 252 g/mol. The number of amides is 1. The number of nitrogens with two attached hydrogens (primary N) is 1. The van der Waals surface area contributed by atoms with Crippen LogP contribution >= 0.6 is 0 Å². The molecule has 2 atom stereocenters. The number of hydrogen-bond donors (Lipinski definition) is 2. The highest BCUT2D eigenvalue weighted by atomic mass is 19.1. The third-order valence-electron chi connectivity index (χ3n) is 3.24. The van der Waals surface area contributed by atoms with Crippen molar-refractivity contribution in [2.75, 3.05) is 11.9 Å². The minimum atomic E-state index is -0.460. The topological polar surface area (TPSA) is 64.3 Å². The fourth-order valence-electron chi connectivity index (χ4n) is 2.09. The number of anilines is 1. The lowest BCUT2D eigenvalue weighted by Gasteiger charge is -2.14. The number of hydrogen-bond acceptors (Lipinski definition) is 3. The van der Waals surface area contributed by atoms with E-state index in [1.165, 1.54) is 12.1 Å². The van der Waals surface area contributed by atoms with Crippen LogP contribution in [0.1, 0.15) is 18.9 Å². The van der Waals surface area contributed by atoms with Crippen LogP contribution in [-0.4, -0.2) is 18.6 Å². The molecule has 1 aromatic rings. The van der Waals surface area contributed by atoms with Crippen LogP contribution in [0.3, 0.4) is 0 Å². The van der Waals surface area contributed by atoms with E-state index in [0.29, 0.717) is 18.6 Å². The number of carbonyl (C=O) groups excluding carboxylic acids is 1. The Morgan fingerprint density at radius 3 is 2.94 bits per heavy atom. The fourth-order valence-corrected chi connectivity index (χ4v) is 2.09. The first kappa shape index (κ1) is 13.0. The van der Waals surface area contributed by atoms with Crippen LogP contribution in [0.25, 0.3) is 0 Å². The van der Waals surface area contributed by atoms with Crippen molar-refractivity contribution in [1.82, 2.24) is 0 Å². The molecule has 3 N–H and O–H groups in total. The van der Waals surface area contributed by atoms with Gasteiger partial charge in [-0.3, -0.25) is 4.79 Å². The summed E-state index contributed by atoms with van der Waals surface area (Å²) in [6.07, 6.45) is 0.562. The summed E-state index contributed by atoms with van der Waals surface area (Å²) in [5, 5.41) is 2.60. The zero-order valence-electron chi connectivity index (χ0n) is 10.3. The molecule has 1 aromatic carbocycles. The second-order valence-corrected chi connectivity index (χ2v) is 4.48. The summed E-state index contributed by atoms with van der Waals surface area (Å²) in [4.78, 5) is 11.9. The first-order chi connectivity index (χ1) is 8.61. The van der Waals surface area contributed by atoms with Crippen LogP contribution in [0.5, 0.6) is 0 Å². The molecule has 0 radical (unpaired) electrons. The number of nitrogens with one attached hydrogen (secondary N) is 1. The zero-order chi connectivity index (χ0) is 13.1. The standard InChI is InChI=1S/C13H17FN2O2/c1-8-10(4-5-18-8)13(17)16-12-3-2-9(7-15)6-11(12)14/h2-3,6,8,10H,4-5,7,15H2,1H3,(H,16,17).